The molecule has 23 heavy (non-hydrogen) atoms. The van der Waals surface area contributed by atoms with E-state index in [0.717, 1.165) is 51.0 Å². The van der Waals surface area contributed by atoms with Crippen LogP contribution in [0.5, 0.6) is 0 Å². The van der Waals surface area contributed by atoms with E-state index in [1.54, 1.807) is 0 Å². The molecule has 0 aromatic carbocycles. The van der Waals surface area contributed by atoms with Crippen LogP contribution < -0.4 is 16.4 Å². The predicted molar refractivity (Wildman–Crippen MR) is 102 cm³/mol. The Labute approximate surface area is 142 Å². The molecular formula is C19H34N4. The molecule has 1 fully saturated rings. The second kappa shape index (κ2) is 12.1. The Bertz CT molecular complexity index is 435. The minimum absolute atomic E-state index is 0.328. The third kappa shape index (κ3) is 8.14. The Morgan fingerprint density at radius 1 is 1.35 bits per heavy atom. The number of nitrogens with two attached hydrogens (primary N) is 1. The molecule has 1 aliphatic rings. The maximum atomic E-state index is 6.11. The summed E-state index contributed by atoms with van der Waals surface area (Å²) in [5, 5.41) is 6.80. The summed E-state index contributed by atoms with van der Waals surface area (Å²) in [6.07, 6.45) is 15.8. The number of nitrogens with one attached hydrogen (secondary N) is 2. The quantitative estimate of drug-likeness (QED) is 0.279. The zero-order valence-electron chi connectivity index (χ0n) is 15.0. The van der Waals surface area contributed by atoms with Gasteiger partial charge >= 0.3 is 0 Å². The number of nitrogens with zero attached hydrogens (tertiary/aromatic N) is 1. The smallest absolute Gasteiger partial charge is 0.0940 e. The molecule has 4 heteroatoms. The first-order valence-corrected chi connectivity index (χ1v) is 8.87. The summed E-state index contributed by atoms with van der Waals surface area (Å²) < 4.78 is 0. The second-order valence-corrected chi connectivity index (χ2v) is 6.04. The van der Waals surface area contributed by atoms with Gasteiger partial charge in [-0.1, -0.05) is 30.4 Å². The maximum absolute atomic E-state index is 6.11. The molecule has 2 unspecified atom stereocenters. The highest BCUT2D eigenvalue weighted by Gasteiger charge is 2.21. The van der Waals surface area contributed by atoms with Crippen molar-refractivity contribution in [3.05, 3.63) is 36.0 Å². The number of hydrogen-bond acceptors (Lipinski definition) is 3. The molecule has 1 rings (SSSR count). The van der Waals surface area contributed by atoms with Crippen molar-refractivity contribution < 1.29 is 0 Å². The number of rotatable bonds is 8. The van der Waals surface area contributed by atoms with Crippen LogP contribution in [0.25, 0.3) is 0 Å². The van der Waals surface area contributed by atoms with Crippen molar-refractivity contribution >= 4 is 5.84 Å². The van der Waals surface area contributed by atoms with Crippen LogP contribution in [0.4, 0.5) is 0 Å². The van der Waals surface area contributed by atoms with Gasteiger partial charge in [0.15, 0.2) is 0 Å². The molecule has 0 saturated carbocycles. The minimum atomic E-state index is 0.328. The van der Waals surface area contributed by atoms with Gasteiger partial charge in [-0.15, -0.1) is 0 Å². The minimum Gasteiger partial charge on any atom is -0.387 e. The molecule has 0 aromatic rings. The molecule has 0 radical (unpaired) electrons. The van der Waals surface area contributed by atoms with Crippen LogP contribution in [0.2, 0.25) is 0 Å². The average Bonchev–Trinajstić information content (AvgIpc) is 2.77. The van der Waals surface area contributed by atoms with Crippen molar-refractivity contribution in [1.82, 2.24) is 10.6 Å². The van der Waals surface area contributed by atoms with E-state index in [9.17, 15) is 0 Å². The first-order valence-electron chi connectivity index (χ1n) is 8.87. The third-order valence-corrected chi connectivity index (χ3v) is 4.15. The van der Waals surface area contributed by atoms with Gasteiger partial charge in [-0.3, -0.25) is 4.99 Å². The zero-order chi connectivity index (χ0) is 16.9. The molecule has 0 aromatic heterocycles. The average molecular weight is 319 g/mol. The van der Waals surface area contributed by atoms with Gasteiger partial charge in [-0.2, -0.15) is 0 Å². The molecular weight excluding hydrogens is 284 g/mol. The van der Waals surface area contributed by atoms with Crippen molar-refractivity contribution in [2.75, 3.05) is 20.1 Å². The summed E-state index contributed by atoms with van der Waals surface area (Å²) >= 11 is 0. The topological polar surface area (TPSA) is 62.4 Å². The highest BCUT2D eigenvalue weighted by Crippen LogP contribution is 2.19. The molecule has 0 amide bonds. The molecule has 1 heterocycles. The standard InChI is InChI=1S/C19H34N4/c1-4-6-7-10-16(5-2)18-15-17(11-8-14-22-18)23-19(20)12-9-13-21-3/h4-7,10,17-18,21-22H,8-9,11-15H2,1-3H3,(H2,20,23)/b6-4-,10-7-,16-5+. The van der Waals surface area contributed by atoms with E-state index < -0.39 is 0 Å². The summed E-state index contributed by atoms with van der Waals surface area (Å²) in [4.78, 5) is 4.79. The Morgan fingerprint density at radius 3 is 2.87 bits per heavy atom. The molecule has 4 N–H and O–H groups in total. The second-order valence-electron chi connectivity index (χ2n) is 6.04. The van der Waals surface area contributed by atoms with Crippen molar-refractivity contribution in [2.24, 2.45) is 10.7 Å². The summed E-state index contributed by atoms with van der Waals surface area (Å²) in [7, 11) is 1.97. The Morgan fingerprint density at radius 2 is 2.17 bits per heavy atom. The zero-order valence-corrected chi connectivity index (χ0v) is 15.0. The van der Waals surface area contributed by atoms with Crippen LogP contribution in [0.1, 0.15) is 46.0 Å². The first kappa shape index (κ1) is 19.7. The molecule has 1 aliphatic heterocycles. The lowest BCUT2D eigenvalue weighted by atomic mass is 9.98. The van der Waals surface area contributed by atoms with Crippen LogP contribution in [0.3, 0.4) is 0 Å². The molecule has 130 valence electrons. The molecule has 0 bridgehead atoms. The van der Waals surface area contributed by atoms with Gasteiger partial charge in [0, 0.05) is 12.5 Å². The SMILES string of the molecule is C\C=C/C=C\C(=C/C)C1CC(N=C(N)CCCNC)CCCN1. The van der Waals surface area contributed by atoms with Crippen LogP contribution in [-0.4, -0.2) is 38.1 Å². The number of aliphatic imine (C=N–C) groups is 1. The van der Waals surface area contributed by atoms with Gasteiger partial charge in [0.2, 0.25) is 0 Å². The lowest BCUT2D eigenvalue weighted by Crippen LogP contribution is -2.31. The van der Waals surface area contributed by atoms with E-state index in [0.29, 0.717) is 12.1 Å². The highest BCUT2D eigenvalue weighted by atomic mass is 15.0. The lowest BCUT2D eigenvalue weighted by Gasteiger charge is -2.20. The fraction of sp³-hybridized carbons (Fsp3) is 0.632. The van der Waals surface area contributed by atoms with E-state index in [4.69, 9.17) is 10.7 Å². The predicted octanol–water partition coefficient (Wildman–Crippen LogP) is 2.93. The van der Waals surface area contributed by atoms with E-state index in [1.165, 1.54) is 5.57 Å². The van der Waals surface area contributed by atoms with Crippen LogP contribution in [-0.2, 0) is 0 Å². The van der Waals surface area contributed by atoms with Gasteiger partial charge in [0.1, 0.15) is 0 Å². The van der Waals surface area contributed by atoms with Crippen LogP contribution in [0, 0.1) is 0 Å². The van der Waals surface area contributed by atoms with E-state index in [-0.39, 0.29) is 0 Å². The molecule has 0 spiro atoms. The lowest BCUT2D eigenvalue weighted by molar-refractivity contribution is 0.535. The third-order valence-electron chi connectivity index (χ3n) is 4.15. The molecule has 4 nitrogen and oxygen atoms in total. The summed E-state index contributed by atoms with van der Waals surface area (Å²) in [5.41, 5.74) is 7.45. The maximum Gasteiger partial charge on any atom is 0.0940 e. The van der Waals surface area contributed by atoms with E-state index >= 15 is 0 Å². The first-order chi connectivity index (χ1) is 11.2. The molecule has 0 aliphatic carbocycles. The fourth-order valence-electron chi connectivity index (χ4n) is 2.90. The largest absolute Gasteiger partial charge is 0.387 e. The Balaban J connectivity index is 2.67. The molecule has 1 saturated heterocycles. The summed E-state index contributed by atoms with van der Waals surface area (Å²) in [5.74, 6) is 0.803. The van der Waals surface area contributed by atoms with E-state index in [2.05, 4.69) is 41.9 Å². The van der Waals surface area contributed by atoms with Crippen molar-refractivity contribution in [2.45, 2.75) is 58.0 Å². The van der Waals surface area contributed by atoms with Gasteiger partial charge in [0.05, 0.1) is 11.9 Å². The van der Waals surface area contributed by atoms with Gasteiger partial charge < -0.3 is 16.4 Å². The number of amidine groups is 1. The van der Waals surface area contributed by atoms with Gasteiger partial charge in [-0.25, -0.2) is 0 Å². The van der Waals surface area contributed by atoms with Crippen molar-refractivity contribution in [1.29, 1.82) is 0 Å². The van der Waals surface area contributed by atoms with Crippen molar-refractivity contribution in [3.63, 3.8) is 0 Å². The summed E-state index contributed by atoms with van der Waals surface area (Å²) in [6, 6.07) is 0.692. The van der Waals surface area contributed by atoms with Gasteiger partial charge in [0.25, 0.3) is 0 Å². The van der Waals surface area contributed by atoms with E-state index in [1.807, 2.05) is 20.0 Å². The highest BCUT2D eigenvalue weighted by molar-refractivity contribution is 5.80. The Hall–Kier alpha value is -1.39. The summed E-state index contributed by atoms with van der Waals surface area (Å²) in [6.45, 7) is 6.17. The fourth-order valence-corrected chi connectivity index (χ4v) is 2.90. The normalized spacial score (nSPS) is 24.5. The number of allylic oxidation sites excluding steroid dienone is 4. The number of hydrogen-bond donors (Lipinski definition) is 3. The van der Waals surface area contributed by atoms with Gasteiger partial charge in [-0.05, 0) is 65.2 Å². The van der Waals surface area contributed by atoms with Crippen molar-refractivity contribution in [3.8, 4) is 0 Å². The molecule has 2 atom stereocenters. The van der Waals surface area contributed by atoms with Crippen LogP contribution >= 0.6 is 0 Å². The van der Waals surface area contributed by atoms with Crippen LogP contribution in [0.15, 0.2) is 40.9 Å². The Kier molecular flexibility index (Phi) is 10.3. The monoisotopic (exact) mass is 318 g/mol.